The predicted octanol–water partition coefficient (Wildman–Crippen LogP) is 13.3. The molecule has 0 saturated carbocycles. The second kappa shape index (κ2) is 15.3. The second-order valence-electron chi connectivity index (χ2n) is 15.9. The molecule has 2 aliphatic carbocycles. The minimum atomic E-state index is -3.82. The Morgan fingerprint density at radius 3 is 1.42 bits per heavy atom. The maximum atomic E-state index is 4.86. The summed E-state index contributed by atoms with van der Waals surface area (Å²) in [4.78, 5) is 9.71. The van der Waals surface area contributed by atoms with Gasteiger partial charge in [0, 0.05) is 0 Å². The molecule has 2 atom stereocenters. The molecule has 8 rings (SSSR count). The summed E-state index contributed by atoms with van der Waals surface area (Å²) in [6, 6.07) is 36.3. The summed E-state index contributed by atoms with van der Waals surface area (Å²) in [5.41, 5.74) is 16.6. The number of aromatic nitrogens is 2. The van der Waals surface area contributed by atoms with E-state index in [1.807, 2.05) is 24.5 Å². The fourth-order valence-corrected chi connectivity index (χ4v) is 29.4. The number of unbranched alkanes of at least 4 members (excludes halogenated alkanes) is 2. The predicted molar refractivity (Wildman–Crippen MR) is 230 cm³/mol. The minimum absolute atomic E-state index is 0. The van der Waals surface area contributed by atoms with Crippen LogP contribution < -0.4 is 0 Å². The molecule has 0 amide bonds. The van der Waals surface area contributed by atoms with Crippen molar-refractivity contribution in [2.75, 3.05) is 0 Å². The van der Waals surface area contributed by atoms with Gasteiger partial charge in [0.25, 0.3) is 0 Å². The Hall–Kier alpha value is -3.14. The van der Waals surface area contributed by atoms with Crippen molar-refractivity contribution in [1.82, 2.24) is 9.97 Å². The van der Waals surface area contributed by atoms with Crippen LogP contribution in [0.2, 0.25) is 9.26 Å². The van der Waals surface area contributed by atoms with Crippen LogP contribution in [0.25, 0.3) is 56.2 Å². The Labute approximate surface area is 324 Å². The van der Waals surface area contributed by atoms with Gasteiger partial charge in [-0.15, -0.1) is 24.8 Å². The third kappa shape index (κ3) is 6.75. The molecule has 4 aromatic carbocycles. The monoisotopic (exact) mass is 818 g/mol. The third-order valence-corrected chi connectivity index (χ3v) is 29.1. The van der Waals surface area contributed by atoms with Crippen LogP contribution in [-0.2, 0) is 17.4 Å². The van der Waals surface area contributed by atoms with E-state index < -0.39 is 17.4 Å². The van der Waals surface area contributed by atoms with Crippen molar-refractivity contribution in [3.05, 3.63) is 143 Å². The molecule has 0 spiro atoms. The Kier molecular flexibility index (Phi) is 11.4. The smallest absolute Gasteiger partial charge is 0.147 e. The van der Waals surface area contributed by atoms with Crippen molar-refractivity contribution in [2.24, 2.45) is 0 Å². The average molecular weight is 821 g/mol. The van der Waals surface area contributed by atoms with Crippen LogP contribution in [0.4, 0.5) is 0 Å². The van der Waals surface area contributed by atoms with E-state index in [4.69, 9.17) is 9.97 Å². The minimum Gasteiger partial charge on any atom is -0.147 e. The van der Waals surface area contributed by atoms with Gasteiger partial charge in [0.15, 0.2) is 0 Å². The number of pyridine rings is 2. The van der Waals surface area contributed by atoms with Crippen molar-refractivity contribution in [2.45, 2.75) is 68.9 Å². The zero-order valence-electron chi connectivity index (χ0n) is 30.9. The quantitative estimate of drug-likeness (QED) is 0.129. The van der Waals surface area contributed by atoms with E-state index in [9.17, 15) is 0 Å². The largest absolute Gasteiger partial charge is 0.147 e. The maximum Gasteiger partial charge on any atom is -0.147 e. The maximum absolute atomic E-state index is 4.86. The van der Waals surface area contributed by atoms with Gasteiger partial charge in [-0.3, -0.25) is 0 Å². The van der Waals surface area contributed by atoms with Gasteiger partial charge in [-0.25, -0.2) is 0 Å². The molecule has 0 radical (unpaired) electrons. The molecule has 6 heteroatoms. The molecule has 0 saturated heterocycles. The van der Waals surface area contributed by atoms with Crippen LogP contribution in [0.5, 0.6) is 0 Å². The molecule has 2 heterocycles. The first-order valence-electron chi connectivity index (χ1n) is 18.7. The van der Waals surface area contributed by atoms with Crippen LogP contribution in [0, 0.1) is 0 Å². The van der Waals surface area contributed by atoms with Crippen molar-refractivity contribution in [3.8, 4) is 22.3 Å². The topological polar surface area (TPSA) is 25.8 Å². The number of nitrogens with zero attached hydrogens (tertiary/aromatic N) is 2. The second-order valence-corrected chi connectivity index (χ2v) is 46.4. The first-order chi connectivity index (χ1) is 24.3. The standard InChI is InChI=1S/2C22H20N.2CH3.2ClH.H2Si.Zr/c2*1-2-3-6-16-13-18-10-11-19(15-20(18)14-16)21-9-4-7-17-8-5-12-23-22(17)21;;;;;;/h2*4-5,7-15H,2-3,6H2,1H3;2*1H3;2*1H;1H2;. The molecule has 52 heavy (non-hydrogen) atoms. The molecule has 0 bridgehead atoms. The Morgan fingerprint density at radius 1 is 0.577 bits per heavy atom. The molecule has 266 valence electrons. The van der Waals surface area contributed by atoms with E-state index in [-0.39, 0.29) is 24.8 Å². The molecule has 0 fully saturated rings. The van der Waals surface area contributed by atoms with E-state index >= 15 is 0 Å². The first kappa shape index (κ1) is 38.6. The van der Waals surface area contributed by atoms with Crippen LogP contribution in [0.1, 0.15) is 81.9 Å². The number of benzene rings is 4. The fraction of sp³-hybridized carbons (Fsp3) is 0.261. The van der Waals surface area contributed by atoms with Crippen LogP contribution >= 0.6 is 24.8 Å². The molecule has 0 aliphatic heterocycles. The Bertz CT molecular complexity index is 2250. The molecule has 2 nitrogen and oxygen atoms in total. The average Bonchev–Trinajstić information content (AvgIpc) is 3.71. The van der Waals surface area contributed by atoms with E-state index in [1.165, 1.54) is 82.7 Å². The first-order valence-corrected chi connectivity index (χ1v) is 32.4. The van der Waals surface area contributed by atoms with E-state index in [0.29, 0.717) is 7.25 Å². The number of hydrogen-bond donors (Lipinski definition) is 0. The summed E-state index contributed by atoms with van der Waals surface area (Å²) in [7, 11) is 0. The van der Waals surface area contributed by atoms with Gasteiger partial charge in [-0.1, -0.05) is 0 Å². The van der Waals surface area contributed by atoms with Crippen LogP contribution in [-0.4, -0.2) is 16.8 Å². The number of halogens is 2. The van der Waals surface area contributed by atoms with Crippen molar-refractivity contribution in [1.29, 1.82) is 0 Å². The Morgan fingerprint density at radius 2 is 1.00 bits per heavy atom. The number of rotatable bonds is 10. The molecule has 0 N–H and O–H groups in total. The summed E-state index contributed by atoms with van der Waals surface area (Å²) in [6.45, 7) is 7.15. The van der Waals surface area contributed by atoms with E-state index in [0.717, 1.165) is 11.0 Å². The van der Waals surface area contributed by atoms with Gasteiger partial charge in [0.1, 0.15) is 0 Å². The summed E-state index contributed by atoms with van der Waals surface area (Å²) < 4.78 is 6.58. The molecule has 6 aromatic rings. The zero-order valence-corrected chi connectivity index (χ0v) is 36.4. The van der Waals surface area contributed by atoms with Gasteiger partial charge in [0.05, 0.1) is 0 Å². The normalized spacial score (nSPS) is 16.5. The number of hydrogen-bond acceptors (Lipinski definition) is 2. The van der Waals surface area contributed by atoms with Gasteiger partial charge in [-0.05, 0) is 0 Å². The molecular formula is C46H50Cl2N2SiZr. The molecule has 2 aromatic heterocycles. The van der Waals surface area contributed by atoms with Crippen molar-refractivity contribution in [3.63, 3.8) is 0 Å². The fourth-order valence-electron chi connectivity index (χ4n) is 9.49. The van der Waals surface area contributed by atoms with E-state index in [2.05, 4.69) is 127 Å². The Balaban J connectivity index is 0.00000232. The van der Waals surface area contributed by atoms with Gasteiger partial charge < -0.3 is 0 Å². The van der Waals surface area contributed by atoms with Gasteiger partial charge in [-0.2, -0.15) is 0 Å². The molecule has 2 aliphatic rings. The zero-order chi connectivity index (χ0) is 34.5. The van der Waals surface area contributed by atoms with E-state index in [1.54, 1.807) is 22.3 Å². The van der Waals surface area contributed by atoms with Crippen LogP contribution in [0.15, 0.2) is 121 Å². The van der Waals surface area contributed by atoms with Gasteiger partial charge in [0.2, 0.25) is 0 Å². The number of allylic oxidation sites excluding steroid dienone is 2. The summed E-state index contributed by atoms with van der Waals surface area (Å²) in [5, 5.41) is 2.39. The molecule has 2 unspecified atom stereocenters. The summed E-state index contributed by atoms with van der Waals surface area (Å²) >= 11 is -3.82. The number of fused-ring (bicyclic) bond motifs is 4. The van der Waals surface area contributed by atoms with Gasteiger partial charge >= 0.3 is 302 Å². The van der Waals surface area contributed by atoms with Crippen molar-refractivity contribution >= 4 is 65.7 Å². The molecular weight excluding hydrogens is 771 g/mol. The third-order valence-electron chi connectivity index (χ3n) is 11.6. The SMILES string of the molecule is CCCCC1=Cc2ccc(-c3cccc4cccnc34)cc2[CH]1[Zr]([CH3])([CH3])(=[SiH2])[CH]1C(CCCC)=Cc2ccc(-c3cccc4cccnc34)cc21.Cl.Cl. The summed E-state index contributed by atoms with van der Waals surface area (Å²) in [6.07, 6.45) is 16.3. The van der Waals surface area contributed by atoms with Crippen LogP contribution in [0.3, 0.4) is 0 Å². The summed E-state index contributed by atoms with van der Waals surface area (Å²) in [5.74, 6) is 0. The van der Waals surface area contributed by atoms with Crippen molar-refractivity contribution < 1.29 is 17.4 Å². The number of para-hydroxylation sites is 2.